The van der Waals surface area contributed by atoms with E-state index in [1.807, 2.05) is 23.4 Å². The van der Waals surface area contributed by atoms with Gasteiger partial charge in [0.2, 0.25) is 0 Å². The first-order valence-electron chi connectivity index (χ1n) is 8.99. The molecule has 0 N–H and O–H groups in total. The number of hydrogen-bond donors (Lipinski definition) is 0. The molecule has 8 nitrogen and oxygen atoms in total. The number of rotatable bonds is 3. The first-order valence-corrected chi connectivity index (χ1v) is 8.99. The van der Waals surface area contributed by atoms with Crippen LogP contribution in [-0.2, 0) is 7.05 Å². The van der Waals surface area contributed by atoms with Gasteiger partial charge in [-0.05, 0) is 19.8 Å². The van der Waals surface area contributed by atoms with Crippen molar-refractivity contribution in [2.45, 2.75) is 25.7 Å². The molecule has 1 amide bonds. The van der Waals surface area contributed by atoms with Crippen molar-refractivity contribution in [3.05, 3.63) is 54.4 Å². The summed E-state index contributed by atoms with van der Waals surface area (Å²) in [5.41, 5.74) is 3.84. The zero-order valence-corrected chi connectivity index (χ0v) is 15.4. The van der Waals surface area contributed by atoms with E-state index in [0.717, 1.165) is 35.6 Å². The van der Waals surface area contributed by atoms with E-state index in [9.17, 15) is 4.79 Å². The highest BCUT2D eigenvalue weighted by atomic mass is 16.2. The van der Waals surface area contributed by atoms with Crippen LogP contribution in [0, 0.1) is 6.92 Å². The van der Waals surface area contributed by atoms with Gasteiger partial charge in [-0.25, -0.2) is 9.97 Å². The quantitative estimate of drug-likeness (QED) is 0.707. The Morgan fingerprint density at radius 2 is 1.96 bits per heavy atom. The number of nitrogens with zero attached hydrogens (tertiary/aromatic N) is 7. The Morgan fingerprint density at radius 1 is 1.11 bits per heavy atom. The standard InChI is InChI=1S/C19H21N7O/c1-13-8-24-15(9-23-13)19(27)26-7-3-4-14(11-26)17-18(22-6-5-21-17)16-10-20-12-25(16)2/h5-6,8-10,12,14H,3-4,7,11H2,1-2H3. The van der Waals surface area contributed by atoms with E-state index in [2.05, 4.69) is 24.9 Å². The highest BCUT2D eigenvalue weighted by Crippen LogP contribution is 2.31. The molecule has 4 rings (SSSR count). The van der Waals surface area contributed by atoms with Crippen LogP contribution in [0.5, 0.6) is 0 Å². The fourth-order valence-electron chi connectivity index (χ4n) is 3.48. The van der Waals surface area contributed by atoms with Crippen molar-refractivity contribution in [3.63, 3.8) is 0 Å². The molecule has 3 aromatic rings. The number of hydrogen-bond acceptors (Lipinski definition) is 6. The normalized spacial score (nSPS) is 17.1. The molecule has 1 aliphatic heterocycles. The maximum Gasteiger partial charge on any atom is 0.274 e. The summed E-state index contributed by atoms with van der Waals surface area (Å²) in [5.74, 6) is 0.0397. The van der Waals surface area contributed by atoms with Gasteiger partial charge in [-0.1, -0.05) is 0 Å². The molecule has 0 aromatic carbocycles. The van der Waals surface area contributed by atoms with E-state index >= 15 is 0 Å². The van der Waals surface area contributed by atoms with Crippen LogP contribution < -0.4 is 0 Å². The van der Waals surface area contributed by atoms with Crippen molar-refractivity contribution in [1.82, 2.24) is 34.4 Å². The third kappa shape index (κ3) is 3.42. The van der Waals surface area contributed by atoms with Gasteiger partial charge in [-0.2, -0.15) is 0 Å². The Balaban J connectivity index is 1.60. The number of aryl methyl sites for hydroxylation is 2. The molecule has 3 aromatic heterocycles. The summed E-state index contributed by atoms with van der Waals surface area (Å²) < 4.78 is 1.93. The number of aromatic nitrogens is 6. The average molecular weight is 363 g/mol. The predicted octanol–water partition coefficient (Wildman–Crippen LogP) is 2.00. The molecule has 1 atom stereocenters. The van der Waals surface area contributed by atoms with Crippen LogP contribution in [0.3, 0.4) is 0 Å². The number of piperidine rings is 1. The minimum absolute atomic E-state index is 0.0850. The van der Waals surface area contributed by atoms with E-state index in [-0.39, 0.29) is 11.8 Å². The van der Waals surface area contributed by atoms with Crippen molar-refractivity contribution in [3.8, 4) is 11.4 Å². The lowest BCUT2D eigenvalue weighted by atomic mass is 9.92. The monoisotopic (exact) mass is 363 g/mol. The summed E-state index contributed by atoms with van der Waals surface area (Å²) >= 11 is 0. The number of amides is 1. The largest absolute Gasteiger partial charge is 0.337 e. The van der Waals surface area contributed by atoms with Crippen LogP contribution in [0.15, 0.2) is 37.3 Å². The summed E-state index contributed by atoms with van der Waals surface area (Å²) in [6, 6.07) is 0. The Hall–Kier alpha value is -3.16. The van der Waals surface area contributed by atoms with Crippen LogP contribution in [0.4, 0.5) is 0 Å². The van der Waals surface area contributed by atoms with Crippen LogP contribution in [0.1, 0.15) is 40.6 Å². The van der Waals surface area contributed by atoms with Gasteiger partial charge in [0.1, 0.15) is 11.4 Å². The maximum absolute atomic E-state index is 12.8. The first-order chi connectivity index (χ1) is 13.1. The Kier molecular flexibility index (Phi) is 4.62. The van der Waals surface area contributed by atoms with E-state index in [4.69, 9.17) is 0 Å². The zero-order valence-electron chi connectivity index (χ0n) is 15.4. The highest BCUT2D eigenvalue weighted by molar-refractivity contribution is 5.92. The molecule has 0 bridgehead atoms. The molecule has 138 valence electrons. The maximum atomic E-state index is 12.8. The SMILES string of the molecule is Cc1cnc(C(=O)N2CCCC(c3nccnc3-c3cncn3C)C2)cn1. The number of imidazole rings is 1. The minimum Gasteiger partial charge on any atom is -0.337 e. The van der Waals surface area contributed by atoms with Crippen molar-refractivity contribution >= 4 is 5.91 Å². The van der Waals surface area contributed by atoms with Crippen LogP contribution >= 0.6 is 0 Å². The molecular weight excluding hydrogens is 342 g/mol. The predicted molar refractivity (Wildman–Crippen MR) is 98.9 cm³/mol. The fourth-order valence-corrected chi connectivity index (χ4v) is 3.48. The number of likely N-dealkylation sites (tertiary alicyclic amines) is 1. The van der Waals surface area contributed by atoms with Crippen molar-refractivity contribution in [2.24, 2.45) is 7.05 Å². The lowest BCUT2D eigenvalue weighted by molar-refractivity contribution is 0.0699. The Labute approximate surface area is 157 Å². The molecule has 0 radical (unpaired) electrons. The average Bonchev–Trinajstić information content (AvgIpc) is 3.14. The molecule has 1 saturated heterocycles. The molecule has 1 fully saturated rings. The summed E-state index contributed by atoms with van der Waals surface area (Å²) in [5, 5.41) is 0. The number of carbonyl (C=O) groups is 1. The van der Waals surface area contributed by atoms with Crippen LogP contribution in [-0.4, -0.2) is 53.4 Å². The second-order valence-electron chi connectivity index (χ2n) is 6.81. The van der Waals surface area contributed by atoms with Crippen molar-refractivity contribution in [1.29, 1.82) is 0 Å². The van der Waals surface area contributed by atoms with Gasteiger partial charge in [-0.3, -0.25) is 19.7 Å². The topological polar surface area (TPSA) is 89.7 Å². The molecule has 0 aliphatic carbocycles. The third-order valence-electron chi connectivity index (χ3n) is 4.88. The molecule has 1 aliphatic rings. The molecule has 27 heavy (non-hydrogen) atoms. The van der Waals surface area contributed by atoms with Crippen molar-refractivity contribution in [2.75, 3.05) is 13.1 Å². The first kappa shape index (κ1) is 17.3. The van der Waals surface area contributed by atoms with Gasteiger partial charge >= 0.3 is 0 Å². The van der Waals surface area contributed by atoms with Gasteiger partial charge in [0, 0.05) is 44.6 Å². The molecule has 0 spiro atoms. The summed E-state index contributed by atoms with van der Waals surface area (Å²) in [4.78, 5) is 36.4. The third-order valence-corrected chi connectivity index (χ3v) is 4.88. The summed E-state index contributed by atoms with van der Waals surface area (Å²) in [7, 11) is 1.94. The number of carbonyl (C=O) groups excluding carboxylic acids is 1. The van der Waals surface area contributed by atoms with Crippen LogP contribution in [0.2, 0.25) is 0 Å². The lowest BCUT2D eigenvalue weighted by Crippen LogP contribution is -2.40. The van der Waals surface area contributed by atoms with Gasteiger partial charge in [-0.15, -0.1) is 0 Å². The second kappa shape index (κ2) is 7.22. The molecule has 0 saturated carbocycles. The smallest absolute Gasteiger partial charge is 0.274 e. The summed E-state index contributed by atoms with van der Waals surface area (Å²) in [6.07, 6.45) is 12.0. The molecule has 4 heterocycles. The van der Waals surface area contributed by atoms with Gasteiger partial charge in [0.05, 0.1) is 35.8 Å². The molecule has 8 heteroatoms. The highest BCUT2D eigenvalue weighted by Gasteiger charge is 2.29. The van der Waals surface area contributed by atoms with Gasteiger partial charge in [0.15, 0.2) is 0 Å². The second-order valence-corrected chi connectivity index (χ2v) is 6.81. The lowest BCUT2D eigenvalue weighted by Gasteiger charge is -2.32. The van der Waals surface area contributed by atoms with Crippen molar-refractivity contribution < 1.29 is 4.79 Å². The van der Waals surface area contributed by atoms with E-state index in [1.165, 1.54) is 0 Å². The Bertz CT molecular complexity index is 951. The Morgan fingerprint density at radius 3 is 2.70 bits per heavy atom. The fraction of sp³-hybridized carbons (Fsp3) is 0.368. The zero-order chi connectivity index (χ0) is 18.8. The van der Waals surface area contributed by atoms with Crippen LogP contribution in [0.25, 0.3) is 11.4 Å². The molecule has 1 unspecified atom stereocenters. The summed E-state index contributed by atoms with van der Waals surface area (Å²) in [6.45, 7) is 3.16. The van der Waals surface area contributed by atoms with Gasteiger partial charge in [0.25, 0.3) is 5.91 Å². The van der Waals surface area contributed by atoms with E-state index < -0.39 is 0 Å². The van der Waals surface area contributed by atoms with E-state index in [0.29, 0.717) is 18.8 Å². The minimum atomic E-state index is -0.0850. The van der Waals surface area contributed by atoms with E-state index in [1.54, 1.807) is 37.3 Å². The molecular formula is C19H21N7O. The van der Waals surface area contributed by atoms with Gasteiger partial charge < -0.3 is 9.47 Å².